The number of nitrogens with zero attached hydrogens (tertiary/aromatic N) is 2. The van der Waals surface area contributed by atoms with Crippen LogP contribution in [0.15, 0.2) is 55.3 Å². The van der Waals surface area contributed by atoms with Crippen molar-refractivity contribution in [3.05, 3.63) is 60.9 Å². The van der Waals surface area contributed by atoms with Crippen molar-refractivity contribution in [2.75, 3.05) is 13.1 Å². The van der Waals surface area contributed by atoms with Crippen LogP contribution in [0, 0.1) is 0 Å². The van der Waals surface area contributed by atoms with Crippen molar-refractivity contribution in [3.63, 3.8) is 0 Å². The predicted octanol–water partition coefficient (Wildman–Crippen LogP) is 3.16. The van der Waals surface area contributed by atoms with Crippen LogP contribution in [0.4, 0.5) is 0 Å². The maximum absolute atomic E-state index is 3.82. The molecule has 0 saturated carbocycles. The summed E-state index contributed by atoms with van der Waals surface area (Å²) in [4.78, 5) is 2.43. The summed E-state index contributed by atoms with van der Waals surface area (Å²) in [5.74, 6) is 0. The largest absolute Gasteiger partial charge is 0.348 e. The van der Waals surface area contributed by atoms with Crippen molar-refractivity contribution < 1.29 is 0 Å². The van der Waals surface area contributed by atoms with Crippen LogP contribution in [-0.4, -0.2) is 22.6 Å². The quantitative estimate of drug-likeness (QED) is 0.746. The molecule has 2 heterocycles. The van der Waals surface area contributed by atoms with Gasteiger partial charge in [-0.3, -0.25) is 4.90 Å². The summed E-state index contributed by atoms with van der Waals surface area (Å²) in [6.45, 7) is 8.01. The highest BCUT2D eigenvalue weighted by atomic mass is 15.2. The number of aromatic nitrogens is 1. The van der Waals surface area contributed by atoms with Gasteiger partial charge in [0.1, 0.15) is 0 Å². The van der Waals surface area contributed by atoms with Crippen LogP contribution < -0.4 is 0 Å². The summed E-state index contributed by atoms with van der Waals surface area (Å²) in [7, 11) is 0. The zero-order valence-corrected chi connectivity index (χ0v) is 10.5. The van der Waals surface area contributed by atoms with Crippen molar-refractivity contribution in [1.82, 2.24) is 9.47 Å². The molecule has 0 saturated heterocycles. The van der Waals surface area contributed by atoms with E-state index in [1.807, 2.05) is 6.08 Å². The van der Waals surface area contributed by atoms with Crippen molar-refractivity contribution in [1.29, 1.82) is 0 Å². The maximum Gasteiger partial charge on any atom is 0.0391 e. The molecule has 0 bridgehead atoms. The highest BCUT2D eigenvalue weighted by Gasteiger charge is 2.16. The molecule has 92 valence electrons. The smallest absolute Gasteiger partial charge is 0.0391 e. The third kappa shape index (κ3) is 2.12. The Labute approximate surface area is 108 Å². The third-order valence-electron chi connectivity index (χ3n) is 3.52. The molecule has 18 heavy (non-hydrogen) atoms. The molecule has 0 spiro atoms. The van der Waals surface area contributed by atoms with Crippen LogP contribution in [0.25, 0.3) is 11.1 Å². The van der Waals surface area contributed by atoms with Gasteiger partial charge in [0.25, 0.3) is 0 Å². The van der Waals surface area contributed by atoms with E-state index in [0.717, 1.165) is 26.2 Å². The Morgan fingerprint density at radius 2 is 1.94 bits per heavy atom. The number of hydrogen-bond donors (Lipinski definition) is 0. The molecule has 1 aromatic carbocycles. The Balaban J connectivity index is 1.87. The second kappa shape index (κ2) is 4.83. The zero-order valence-electron chi connectivity index (χ0n) is 10.5. The van der Waals surface area contributed by atoms with E-state index in [9.17, 15) is 0 Å². The van der Waals surface area contributed by atoms with Gasteiger partial charge >= 0.3 is 0 Å². The van der Waals surface area contributed by atoms with E-state index >= 15 is 0 Å². The maximum atomic E-state index is 3.82. The van der Waals surface area contributed by atoms with E-state index in [0.29, 0.717) is 0 Å². The highest BCUT2D eigenvalue weighted by molar-refractivity contribution is 5.63. The van der Waals surface area contributed by atoms with Crippen LogP contribution in [0.3, 0.4) is 0 Å². The van der Waals surface area contributed by atoms with E-state index in [2.05, 4.69) is 58.6 Å². The first-order valence-corrected chi connectivity index (χ1v) is 6.44. The first-order chi connectivity index (χ1) is 8.86. The van der Waals surface area contributed by atoms with Crippen LogP contribution in [0.5, 0.6) is 0 Å². The molecule has 1 aliphatic heterocycles. The summed E-state index contributed by atoms with van der Waals surface area (Å²) in [6.07, 6.45) is 4.26. The van der Waals surface area contributed by atoms with E-state index in [-0.39, 0.29) is 0 Å². The van der Waals surface area contributed by atoms with Gasteiger partial charge in [-0.15, -0.1) is 6.58 Å². The summed E-state index contributed by atoms with van der Waals surface area (Å²) >= 11 is 0. The lowest BCUT2D eigenvalue weighted by atomic mass is 10.1. The Hall–Kier alpha value is -1.80. The van der Waals surface area contributed by atoms with Crippen LogP contribution in [0.1, 0.15) is 5.69 Å². The predicted molar refractivity (Wildman–Crippen MR) is 75.3 cm³/mol. The molecule has 0 fully saturated rings. The summed E-state index contributed by atoms with van der Waals surface area (Å²) < 4.78 is 2.38. The second-order valence-electron chi connectivity index (χ2n) is 4.80. The van der Waals surface area contributed by atoms with E-state index in [1.54, 1.807) is 0 Å². The van der Waals surface area contributed by atoms with Crippen molar-refractivity contribution in [2.45, 2.75) is 13.1 Å². The molecule has 0 unspecified atom stereocenters. The zero-order chi connectivity index (χ0) is 12.4. The molecule has 2 nitrogen and oxygen atoms in total. The average molecular weight is 238 g/mol. The molecule has 0 atom stereocenters. The minimum atomic E-state index is 0.978. The Morgan fingerprint density at radius 3 is 2.72 bits per heavy atom. The third-order valence-corrected chi connectivity index (χ3v) is 3.52. The molecule has 0 aliphatic carbocycles. The van der Waals surface area contributed by atoms with E-state index in [1.165, 1.54) is 16.8 Å². The SMILES string of the molecule is C=CCN1CCn2cc(-c3ccccc3)cc2C1. The molecular weight excluding hydrogens is 220 g/mol. The molecule has 1 aromatic heterocycles. The lowest BCUT2D eigenvalue weighted by Crippen LogP contribution is -2.33. The van der Waals surface area contributed by atoms with Gasteiger partial charge in [-0.1, -0.05) is 36.4 Å². The first-order valence-electron chi connectivity index (χ1n) is 6.44. The average Bonchev–Trinajstić information content (AvgIpc) is 2.83. The standard InChI is InChI=1S/C16H18N2/c1-2-8-17-9-10-18-12-15(11-16(18)13-17)14-6-4-3-5-7-14/h2-7,11-12H,1,8-10,13H2. The Morgan fingerprint density at radius 1 is 1.11 bits per heavy atom. The fraction of sp³-hybridized carbons (Fsp3) is 0.250. The lowest BCUT2D eigenvalue weighted by Gasteiger charge is -2.27. The fourth-order valence-corrected chi connectivity index (χ4v) is 2.58. The molecule has 0 N–H and O–H groups in total. The van der Waals surface area contributed by atoms with Gasteiger partial charge in [-0.2, -0.15) is 0 Å². The fourth-order valence-electron chi connectivity index (χ4n) is 2.58. The van der Waals surface area contributed by atoms with Crippen LogP contribution in [0.2, 0.25) is 0 Å². The van der Waals surface area contributed by atoms with Crippen molar-refractivity contribution in [2.24, 2.45) is 0 Å². The molecule has 0 amide bonds. The number of fused-ring (bicyclic) bond motifs is 1. The molecular formula is C16H18N2. The van der Waals surface area contributed by atoms with Crippen LogP contribution >= 0.6 is 0 Å². The molecule has 2 heteroatoms. The van der Waals surface area contributed by atoms with E-state index in [4.69, 9.17) is 0 Å². The first kappa shape index (κ1) is 11.3. The minimum Gasteiger partial charge on any atom is -0.348 e. The van der Waals surface area contributed by atoms with Crippen molar-refractivity contribution >= 4 is 0 Å². The topological polar surface area (TPSA) is 8.17 Å². The van der Waals surface area contributed by atoms with Gasteiger partial charge in [0.2, 0.25) is 0 Å². The molecule has 1 aliphatic rings. The van der Waals surface area contributed by atoms with Gasteiger partial charge in [0.15, 0.2) is 0 Å². The van der Waals surface area contributed by atoms with Gasteiger partial charge in [0.05, 0.1) is 0 Å². The molecule has 3 rings (SSSR count). The number of hydrogen-bond acceptors (Lipinski definition) is 1. The summed E-state index contributed by atoms with van der Waals surface area (Å²) in [5.41, 5.74) is 4.03. The normalized spacial score (nSPS) is 15.3. The minimum absolute atomic E-state index is 0.978. The van der Waals surface area contributed by atoms with Gasteiger partial charge in [0, 0.05) is 38.1 Å². The summed E-state index contributed by atoms with van der Waals surface area (Å²) in [6, 6.07) is 12.9. The highest BCUT2D eigenvalue weighted by Crippen LogP contribution is 2.24. The van der Waals surface area contributed by atoms with Gasteiger partial charge in [-0.05, 0) is 17.2 Å². The number of benzene rings is 1. The Kier molecular flexibility index (Phi) is 3.03. The van der Waals surface area contributed by atoms with Crippen molar-refractivity contribution in [3.8, 4) is 11.1 Å². The van der Waals surface area contributed by atoms with E-state index < -0.39 is 0 Å². The van der Waals surface area contributed by atoms with Gasteiger partial charge < -0.3 is 4.57 Å². The monoisotopic (exact) mass is 238 g/mol. The number of rotatable bonds is 3. The van der Waals surface area contributed by atoms with Crippen LogP contribution in [-0.2, 0) is 13.1 Å². The molecule has 2 aromatic rings. The van der Waals surface area contributed by atoms with Gasteiger partial charge in [-0.25, -0.2) is 0 Å². The second-order valence-corrected chi connectivity index (χ2v) is 4.80. The molecule has 0 radical (unpaired) electrons. The Bertz CT molecular complexity index is 539. The summed E-state index contributed by atoms with van der Waals surface area (Å²) in [5, 5.41) is 0. The lowest BCUT2D eigenvalue weighted by molar-refractivity contribution is 0.244.